The molecule has 10 heteroatoms. The van der Waals surface area contributed by atoms with Crippen LogP contribution >= 0.6 is 39.3 Å². The number of likely N-dealkylation sites (tertiary alicyclic amines) is 1. The molecule has 4 aromatic rings. The number of carbonyl (C=O) groups is 1. The molecule has 45 heavy (non-hydrogen) atoms. The molecule has 3 atom stereocenters. The monoisotopic (exact) mass is 710 g/mol. The van der Waals surface area contributed by atoms with Gasteiger partial charge < -0.3 is 19.7 Å². The number of nitrogens with one attached hydrogen (secondary N) is 2. The van der Waals surface area contributed by atoms with Crippen LogP contribution in [0.4, 0.5) is 0 Å². The topological polar surface area (TPSA) is 80.8 Å². The minimum atomic E-state index is -0.959. The molecule has 2 aliphatic heterocycles. The van der Waals surface area contributed by atoms with Gasteiger partial charge in [0.1, 0.15) is 6.23 Å². The molecule has 7 nitrogen and oxygen atoms in total. The number of carbonyl (C=O) groups excluding carboxylic acids is 1. The van der Waals surface area contributed by atoms with Crippen molar-refractivity contribution in [1.29, 1.82) is 0 Å². The van der Waals surface area contributed by atoms with Gasteiger partial charge in [0, 0.05) is 63.1 Å². The van der Waals surface area contributed by atoms with Crippen molar-refractivity contribution >= 4 is 56.1 Å². The van der Waals surface area contributed by atoms with Gasteiger partial charge in [0.2, 0.25) is 5.91 Å². The highest BCUT2D eigenvalue weighted by Gasteiger charge is 2.57. The summed E-state index contributed by atoms with van der Waals surface area (Å²) in [4.78, 5) is 23.0. The van der Waals surface area contributed by atoms with Crippen LogP contribution in [0.2, 0.25) is 5.02 Å². The zero-order valence-corrected chi connectivity index (χ0v) is 28.6. The zero-order chi connectivity index (χ0) is 31.4. The van der Waals surface area contributed by atoms with Crippen LogP contribution in [0.15, 0.2) is 82.3 Å². The van der Waals surface area contributed by atoms with E-state index in [-0.39, 0.29) is 12.3 Å². The summed E-state index contributed by atoms with van der Waals surface area (Å²) >= 11 is 11.5. The Morgan fingerprint density at radius 1 is 1.11 bits per heavy atom. The largest absolute Gasteiger partial charge is 0.379 e. The number of rotatable bonds is 12. The maximum absolute atomic E-state index is 14.2. The summed E-state index contributed by atoms with van der Waals surface area (Å²) in [5, 5.41) is 17.3. The summed E-state index contributed by atoms with van der Waals surface area (Å²) in [5.41, 5.74) is 4.15. The second kappa shape index (κ2) is 14.6. The Morgan fingerprint density at radius 3 is 2.58 bits per heavy atom. The Bertz CT molecular complexity index is 1590. The first-order valence-corrected chi connectivity index (χ1v) is 17.6. The average Bonchev–Trinajstić information content (AvgIpc) is 3.58. The summed E-state index contributed by atoms with van der Waals surface area (Å²) in [7, 11) is 0. The Balaban J connectivity index is 1.38. The standard InChI is InChI=1S/C35H40BrClN4O3S/c1-2-24-6-11-28(12-7-24)45-35(34(43)38-14-3-15-40-16-18-44-19-17-40)21-32(42)41(23-25-4-8-26(36)9-5-25)33(35)30-22-39-31-20-27(37)10-13-29(30)31/h4-13,20,22,33-34,38-39,43H,2-3,14-19,21,23H2,1H3. The number of hydrogen-bond donors (Lipinski definition) is 3. The molecule has 0 radical (unpaired) electrons. The van der Waals surface area contributed by atoms with E-state index in [1.54, 1.807) is 11.8 Å². The van der Waals surface area contributed by atoms with Gasteiger partial charge in [-0.1, -0.05) is 64.8 Å². The van der Waals surface area contributed by atoms with Gasteiger partial charge in [0.15, 0.2) is 0 Å². The molecule has 1 aromatic heterocycles. The molecule has 3 aromatic carbocycles. The van der Waals surface area contributed by atoms with E-state index < -0.39 is 17.0 Å². The quantitative estimate of drug-likeness (QED) is 0.111. The van der Waals surface area contributed by atoms with Gasteiger partial charge in [-0.15, -0.1) is 11.8 Å². The maximum atomic E-state index is 14.2. The molecule has 2 fully saturated rings. The first-order chi connectivity index (χ1) is 21.9. The lowest BCUT2D eigenvalue weighted by Crippen LogP contribution is -2.52. The molecule has 3 N–H and O–H groups in total. The number of amides is 1. The summed E-state index contributed by atoms with van der Waals surface area (Å²) < 4.78 is 5.58. The summed E-state index contributed by atoms with van der Waals surface area (Å²) in [5.74, 6) is 0.0121. The number of aryl methyl sites for hydroxylation is 1. The van der Waals surface area contributed by atoms with Gasteiger partial charge in [-0.25, -0.2) is 0 Å². The summed E-state index contributed by atoms with van der Waals surface area (Å²) in [6, 6.07) is 22.0. The molecular formula is C35H40BrClN4O3S. The van der Waals surface area contributed by atoms with Gasteiger partial charge in [0.25, 0.3) is 0 Å². The Hall–Kier alpha value is -2.37. The summed E-state index contributed by atoms with van der Waals surface area (Å²) in [6.45, 7) is 7.53. The van der Waals surface area contributed by atoms with E-state index in [0.29, 0.717) is 18.1 Å². The number of aromatic nitrogens is 1. The zero-order valence-electron chi connectivity index (χ0n) is 25.5. The number of morpholine rings is 1. The number of nitrogens with zero attached hydrogens (tertiary/aromatic N) is 2. The van der Waals surface area contributed by atoms with Gasteiger partial charge >= 0.3 is 0 Å². The van der Waals surface area contributed by atoms with Crippen LogP contribution in [0.25, 0.3) is 10.9 Å². The molecule has 0 spiro atoms. The first kappa shape index (κ1) is 32.6. The SMILES string of the molecule is CCc1ccc(SC2(C(O)NCCCN3CCOCC3)CC(=O)N(Cc3ccc(Br)cc3)C2c2c[nH]c3cc(Cl)ccc23)cc1. The molecule has 2 saturated heterocycles. The van der Waals surface area contributed by atoms with Crippen molar-refractivity contribution in [3.63, 3.8) is 0 Å². The number of aliphatic hydroxyl groups is 1. The predicted molar refractivity (Wildman–Crippen MR) is 186 cm³/mol. The fraction of sp³-hybridized carbons (Fsp3) is 0.400. The van der Waals surface area contributed by atoms with Crippen LogP contribution in [0, 0.1) is 0 Å². The van der Waals surface area contributed by atoms with E-state index in [1.165, 1.54) is 5.56 Å². The highest BCUT2D eigenvalue weighted by molar-refractivity contribution is 9.10. The molecule has 238 valence electrons. The Kier molecular flexibility index (Phi) is 10.6. The van der Waals surface area contributed by atoms with E-state index >= 15 is 0 Å². The van der Waals surface area contributed by atoms with Crippen LogP contribution in [0.5, 0.6) is 0 Å². The number of halogens is 2. The van der Waals surface area contributed by atoms with Crippen LogP contribution in [-0.2, 0) is 22.5 Å². The minimum Gasteiger partial charge on any atom is -0.379 e. The number of thioether (sulfide) groups is 1. The minimum absolute atomic E-state index is 0.0121. The van der Waals surface area contributed by atoms with Gasteiger partial charge in [0.05, 0.1) is 24.0 Å². The van der Waals surface area contributed by atoms with Crippen LogP contribution in [0.1, 0.15) is 42.5 Å². The fourth-order valence-electron chi connectivity index (χ4n) is 6.53. The number of fused-ring (bicyclic) bond motifs is 1. The molecular weight excluding hydrogens is 672 g/mol. The van der Waals surface area contributed by atoms with E-state index in [0.717, 1.165) is 77.1 Å². The highest BCUT2D eigenvalue weighted by atomic mass is 79.9. The lowest BCUT2D eigenvalue weighted by atomic mass is 9.90. The maximum Gasteiger partial charge on any atom is 0.225 e. The second-order valence-electron chi connectivity index (χ2n) is 11.9. The molecule has 6 rings (SSSR count). The molecule has 3 unspecified atom stereocenters. The van der Waals surface area contributed by atoms with E-state index in [4.69, 9.17) is 16.3 Å². The van der Waals surface area contributed by atoms with E-state index in [1.807, 2.05) is 53.6 Å². The summed E-state index contributed by atoms with van der Waals surface area (Å²) in [6.07, 6.45) is 3.05. The van der Waals surface area contributed by atoms with E-state index in [2.05, 4.69) is 62.3 Å². The highest BCUT2D eigenvalue weighted by Crippen LogP contribution is 2.55. The van der Waals surface area contributed by atoms with Crippen molar-refractivity contribution in [2.75, 3.05) is 39.4 Å². The number of aromatic amines is 1. The molecule has 0 bridgehead atoms. The number of H-pyrrole nitrogens is 1. The fourth-order valence-corrected chi connectivity index (χ4v) is 8.44. The number of benzene rings is 3. The Morgan fingerprint density at radius 2 is 1.84 bits per heavy atom. The smallest absolute Gasteiger partial charge is 0.225 e. The number of aliphatic hydroxyl groups excluding tert-OH is 1. The van der Waals surface area contributed by atoms with Crippen molar-refractivity contribution in [1.82, 2.24) is 20.1 Å². The van der Waals surface area contributed by atoms with Crippen molar-refractivity contribution in [2.45, 2.75) is 54.6 Å². The van der Waals surface area contributed by atoms with Gasteiger partial charge in [-0.05, 0) is 73.5 Å². The lowest BCUT2D eigenvalue weighted by molar-refractivity contribution is -0.129. The predicted octanol–water partition coefficient (Wildman–Crippen LogP) is 6.78. The third-order valence-corrected chi connectivity index (χ3v) is 11.2. The van der Waals surface area contributed by atoms with Crippen molar-refractivity contribution in [2.24, 2.45) is 0 Å². The van der Waals surface area contributed by atoms with Gasteiger partial charge in [-0.3, -0.25) is 15.0 Å². The van der Waals surface area contributed by atoms with Gasteiger partial charge in [-0.2, -0.15) is 0 Å². The van der Waals surface area contributed by atoms with Crippen molar-refractivity contribution < 1.29 is 14.6 Å². The average molecular weight is 712 g/mol. The molecule has 2 aliphatic rings. The van der Waals surface area contributed by atoms with Crippen LogP contribution in [0.3, 0.4) is 0 Å². The third kappa shape index (κ3) is 7.30. The first-order valence-electron chi connectivity index (χ1n) is 15.7. The number of ether oxygens (including phenoxy) is 1. The molecule has 3 heterocycles. The normalized spacial score (nSPS) is 21.6. The van der Waals surface area contributed by atoms with Crippen LogP contribution < -0.4 is 5.32 Å². The number of hydrogen-bond acceptors (Lipinski definition) is 6. The van der Waals surface area contributed by atoms with Crippen molar-refractivity contribution in [3.05, 3.63) is 99.1 Å². The van der Waals surface area contributed by atoms with E-state index in [9.17, 15) is 9.90 Å². The third-order valence-electron chi connectivity index (χ3n) is 8.95. The molecule has 0 saturated carbocycles. The lowest BCUT2D eigenvalue weighted by Gasteiger charge is -2.41. The Labute approximate surface area is 282 Å². The second-order valence-corrected chi connectivity index (χ2v) is 14.7. The van der Waals surface area contributed by atoms with Crippen LogP contribution in [-0.4, -0.2) is 76.2 Å². The molecule has 0 aliphatic carbocycles. The molecule has 1 amide bonds. The van der Waals surface area contributed by atoms with Crippen molar-refractivity contribution in [3.8, 4) is 0 Å².